The third-order valence-corrected chi connectivity index (χ3v) is 3.64. The normalized spacial score (nSPS) is 12.3. The zero-order valence-corrected chi connectivity index (χ0v) is 21.0. The van der Waals surface area contributed by atoms with E-state index in [1.54, 1.807) is 10.9 Å². The van der Waals surface area contributed by atoms with E-state index in [0.29, 0.717) is 5.69 Å². The van der Waals surface area contributed by atoms with Crippen LogP contribution in [0.3, 0.4) is 0 Å². The van der Waals surface area contributed by atoms with Gasteiger partial charge in [-0.15, -0.1) is 11.0 Å². The maximum atomic E-state index is 11.8. The molecule has 0 aliphatic heterocycles. The summed E-state index contributed by atoms with van der Waals surface area (Å²) in [5.74, 6) is -0.106. The van der Waals surface area contributed by atoms with E-state index in [0.717, 1.165) is 25.8 Å². The van der Waals surface area contributed by atoms with E-state index in [9.17, 15) is 9.59 Å². The molecule has 0 spiro atoms. The van der Waals surface area contributed by atoms with Crippen molar-refractivity contribution in [2.45, 2.75) is 74.3 Å². The molecule has 1 atom stereocenters. The van der Waals surface area contributed by atoms with Gasteiger partial charge in [0.1, 0.15) is 5.78 Å². The number of aryl methyl sites for hydroxylation is 1. The van der Waals surface area contributed by atoms with Crippen LogP contribution in [0, 0.1) is 30.7 Å². The van der Waals surface area contributed by atoms with Gasteiger partial charge in [-0.3, -0.25) is 16.5 Å². The molecule has 6 nitrogen and oxygen atoms in total. The van der Waals surface area contributed by atoms with Gasteiger partial charge in [0, 0.05) is 44.7 Å². The zero-order valence-electron chi connectivity index (χ0n) is 18.1. The quantitative estimate of drug-likeness (QED) is 0.659. The van der Waals surface area contributed by atoms with Gasteiger partial charge < -0.3 is 17.0 Å². The Hall–Kier alpha value is -0.616. The van der Waals surface area contributed by atoms with Gasteiger partial charge in [0.15, 0.2) is 5.69 Å². The summed E-state index contributed by atoms with van der Waals surface area (Å²) >= 11 is 0. The number of Topliss-reactive ketones (excluding diaryl/α,β-unsaturated/α-hetero) is 1. The van der Waals surface area contributed by atoms with E-state index in [2.05, 4.69) is 57.3 Å². The smallest absolute Gasteiger partial charge is 0.244 e. The molecular formula is C20H36N4O2Y-2. The number of ketones is 1. The molecule has 1 aromatic rings. The Bertz CT molecular complexity index is 571. The van der Waals surface area contributed by atoms with Crippen LogP contribution in [-0.2, 0) is 44.0 Å². The van der Waals surface area contributed by atoms with Crippen LogP contribution in [0.25, 0.3) is 0 Å². The van der Waals surface area contributed by atoms with Gasteiger partial charge in [-0.25, -0.2) is 0 Å². The van der Waals surface area contributed by atoms with Crippen molar-refractivity contribution in [1.29, 1.82) is 0 Å². The zero-order chi connectivity index (χ0) is 20.5. The molecule has 0 bridgehead atoms. The maximum Gasteiger partial charge on any atom is 0.244 e. The SMILES string of the molecule is [CH2-]C(CC(C)(C)C)C(=O)C(C)(C)C.[CH2-]NC(=O)c1cn(CCCC)nn1.[Y]. The number of amides is 1. The Morgan fingerprint density at radius 1 is 1.22 bits per heavy atom. The predicted octanol–water partition coefficient (Wildman–Crippen LogP) is 4.09. The van der Waals surface area contributed by atoms with Gasteiger partial charge in [0.05, 0.1) is 6.20 Å². The number of hydrogen-bond acceptors (Lipinski definition) is 4. The Kier molecular flexibility index (Phi) is 13.5. The second-order valence-electron chi connectivity index (χ2n) is 8.80. The van der Waals surface area contributed by atoms with Gasteiger partial charge in [0.2, 0.25) is 5.91 Å². The van der Waals surface area contributed by atoms with Crippen molar-refractivity contribution in [1.82, 2.24) is 20.3 Å². The number of carbonyl (C=O) groups is 2. The molecule has 27 heavy (non-hydrogen) atoms. The molecule has 0 saturated heterocycles. The fourth-order valence-corrected chi connectivity index (χ4v) is 2.37. The molecule has 0 aliphatic rings. The standard InChI is InChI=1S/C12H23O.C8H13N4O.Y/c1-9(8-11(2,3)4)10(13)12(5,6)7;1-3-4-5-12-6-7(10-11-12)8(13)9-2;/h9H,1,8H2,2-7H3;6H,2-5H2,1H3,(H,9,13);/q2*-1;. The molecule has 0 saturated carbocycles. The van der Waals surface area contributed by atoms with Crippen molar-refractivity contribution in [3.63, 3.8) is 0 Å². The van der Waals surface area contributed by atoms with Crippen molar-refractivity contribution in [3.05, 3.63) is 25.9 Å². The average molecular weight is 453 g/mol. The molecule has 1 N–H and O–H groups in total. The second-order valence-corrected chi connectivity index (χ2v) is 8.80. The van der Waals surface area contributed by atoms with E-state index in [-0.39, 0.29) is 61.1 Å². The van der Waals surface area contributed by atoms with Crippen LogP contribution in [0.1, 0.15) is 78.2 Å². The van der Waals surface area contributed by atoms with Crippen LogP contribution in [0.5, 0.6) is 0 Å². The van der Waals surface area contributed by atoms with E-state index >= 15 is 0 Å². The number of hydrogen-bond donors (Lipinski definition) is 1. The minimum Gasteiger partial charge on any atom is -0.503 e. The summed E-state index contributed by atoms with van der Waals surface area (Å²) in [4.78, 5) is 22.8. The van der Waals surface area contributed by atoms with Crippen molar-refractivity contribution >= 4 is 11.7 Å². The molecule has 1 heterocycles. The molecule has 0 aromatic carbocycles. The number of nitrogens with zero attached hydrogens (tertiary/aromatic N) is 3. The Morgan fingerprint density at radius 3 is 2.19 bits per heavy atom. The van der Waals surface area contributed by atoms with Crippen molar-refractivity contribution in [3.8, 4) is 0 Å². The molecule has 1 radical (unpaired) electrons. The minimum absolute atomic E-state index is 0. The molecule has 1 rings (SSSR count). The van der Waals surface area contributed by atoms with Gasteiger partial charge in [0.25, 0.3) is 0 Å². The molecule has 0 aliphatic carbocycles. The summed E-state index contributed by atoms with van der Waals surface area (Å²) in [6.45, 7) is 19.1. The number of unbranched alkanes of at least 4 members (excludes halogenated alkanes) is 1. The Balaban J connectivity index is 0. The number of rotatable bonds is 6. The van der Waals surface area contributed by atoms with Gasteiger partial charge in [-0.1, -0.05) is 66.5 Å². The van der Waals surface area contributed by atoms with Gasteiger partial charge >= 0.3 is 0 Å². The topological polar surface area (TPSA) is 76.9 Å². The van der Waals surface area contributed by atoms with Crippen molar-refractivity contribution in [2.24, 2.45) is 16.7 Å². The van der Waals surface area contributed by atoms with Crippen LogP contribution in [0.2, 0.25) is 0 Å². The third-order valence-electron chi connectivity index (χ3n) is 3.64. The maximum absolute atomic E-state index is 11.8. The average Bonchev–Trinajstić information content (AvgIpc) is 2.98. The fourth-order valence-electron chi connectivity index (χ4n) is 2.37. The fraction of sp³-hybridized carbons (Fsp3) is 0.700. The Morgan fingerprint density at radius 2 is 1.78 bits per heavy atom. The molecule has 153 valence electrons. The van der Waals surface area contributed by atoms with Crippen LogP contribution < -0.4 is 5.32 Å². The van der Waals surface area contributed by atoms with E-state index in [4.69, 9.17) is 0 Å². The molecule has 1 unspecified atom stereocenters. The first kappa shape index (κ1) is 28.6. The second kappa shape index (κ2) is 12.8. The Labute approximate surface area is 190 Å². The first-order chi connectivity index (χ1) is 11.8. The minimum atomic E-state index is -0.303. The molecule has 1 amide bonds. The third kappa shape index (κ3) is 12.5. The molecule has 1 aromatic heterocycles. The largest absolute Gasteiger partial charge is 0.503 e. The number of nitrogens with one attached hydrogen (secondary N) is 1. The number of aromatic nitrogens is 3. The van der Waals surface area contributed by atoms with E-state index in [1.165, 1.54) is 0 Å². The van der Waals surface area contributed by atoms with Gasteiger partial charge in [-0.05, 0) is 11.8 Å². The van der Waals surface area contributed by atoms with E-state index in [1.807, 2.05) is 20.8 Å². The van der Waals surface area contributed by atoms with Crippen LogP contribution >= 0.6 is 0 Å². The first-order valence-corrected chi connectivity index (χ1v) is 9.16. The summed E-state index contributed by atoms with van der Waals surface area (Å²) in [7, 11) is 3.26. The van der Waals surface area contributed by atoms with Crippen LogP contribution in [0.4, 0.5) is 0 Å². The predicted molar refractivity (Wildman–Crippen MR) is 105 cm³/mol. The summed E-state index contributed by atoms with van der Waals surface area (Å²) in [6, 6.07) is 0. The summed E-state index contributed by atoms with van der Waals surface area (Å²) in [5, 5.41) is 9.75. The summed E-state index contributed by atoms with van der Waals surface area (Å²) in [5.41, 5.74) is 0.247. The summed E-state index contributed by atoms with van der Waals surface area (Å²) in [6.07, 6.45) is 4.62. The van der Waals surface area contributed by atoms with Crippen molar-refractivity contribution in [2.75, 3.05) is 0 Å². The van der Waals surface area contributed by atoms with Crippen LogP contribution in [-0.4, -0.2) is 26.7 Å². The molecule has 0 fully saturated rings. The van der Waals surface area contributed by atoms with Gasteiger partial charge in [-0.2, -0.15) is 0 Å². The summed E-state index contributed by atoms with van der Waals surface area (Å²) < 4.78 is 1.66. The molecular weight excluding hydrogens is 417 g/mol. The molecule has 7 heteroatoms. The van der Waals surface area contributed by atoms with Crippen LogP contribution in [0.15, 0.2) is 6.20 Å². The number of carbonyl (C=O) groups excluding carboxylic acids is 2. The van der Waals surface area contributed by atoms with Crippen molar-refractivity contribution < 1.29 is 42.3 Å². The first-order valence-electron chi connectivity index (χ1n) is 9.16. The van der Waals surface area contributed by atoms with E-state index < -0.39 is 0 Å². The monoisotopic (exact) mass is 453 g/mol.